The van der Waals surface area contributed by atoms with Crippen LogP contribution in [0.1, 0.15) is 19.8 Å². The molecule has 4 aromatic rings. The molecule has 228 valence electrons. The molecule has 0 radical (unpaired) electrons. The van der Waals surface area contributed by atoms with Gasteiger partial charge in [-0.3, -0.25) is 4.90 Å². The third kappa shape index (κ3) is 6.61. The zero-order chi connectivity index (χ0) is 29.8. The number of anilines is 5. The highest BCUT2D eigenvalue weighted by Gasteiger charge is 2.28. The SMILES string of the molecule is CCN1CCN(C2CCN(c3ccc(Nc4nc(Nc5ccccc5P(OC)OC)c5cc[nH]c5n4)cc3F)CC2)CC1. The molecule has 10 nitrogen and oxygen atoms in total. The number of fused-ring (bicyclic) bond motifs is 1. The van der Waals surface area contributed by atoms with Crippen molar-refractivity contribution in [2.75, 3.05) is 75.6 Å². The number of nitrogens with zero attached hydrogens (tertiary/aromatic N) is 5. The van der Waals surface area contributed by atoms with Gasteiger partial charge in [-0.2, -0.15) is 9.97 Å². The summed E-state index contributed by atoms with van der Waals surface area (Å²) >= 11 is 0. The summed E-state index contributed by atoms with van der Waals surface area (Å²) in [6, 6.07) is 15.6. The smallest absolute Gasteiger partial charge is 0.231 e. The van der Waals surface area contributed by atoms with Gasteiger partial charge >= 0.3 is 0 Å². The Morgan fingerprint density at radius 1 is 0.953 bits per heavy atom. The standard InChI is InChI=1S/C31H40FN8O2P/c1-4-38-17-19-39(20-18-38)23-12-15-40(16-13-23)27-10-9-22(21-25(27)32)34-31-36-29-24(11-14-33-29)30(37-31)35-26-7-5-6-8-28(26)43(41-2)42-3/h5-11,14,21,23H,4,12-13,15-20H2,1-3H3,(H3,33,34,35,36,37). The molecule has 43 heavy (non-hydrogen) atoms. The predicted octanol–water partition coefficient (Wildman–Crippen LogP) is 5.42. The Labute approximate surface area is 253 Å². The van der Waals surface area contributed by atoms with Gasteiger partial charge in [-0.15, -0.1) is 0 Å². The highest BCUT2D eigenvalue weighted by Crippen LogP contribution is 2.38. The van der Waals surface area contributed by atoms with Gasteiger partial charge in [0.25, 0.3) is 0 Å². The van der Waals surface area contributed by atoms with Gasteiger partial charge in [-0.1, -0.05) is 19.1 Å². The van der Waals surface area contributed by atoms with E-state index in [0.29, 0.717) is 34.8 Å². The van der Waals surface area contributed by atoms with Crippen LogP contribution in [0, 0.1) is 5.82 Å². The molecule has 6 rings (SSSR count). The Morgan fingerprint density at radius 3 is 2.44 bits per heavy atom. The Morgan fingerprint density at radius 2 is 1.72 bits per heavy atom. The van der Waals surface area contributed by atoms with Crippen LogP contribution in [0.4, 0.5) is 33.2 Å². The lowest BCUT2D eigenvalue weighted by molar-refractivity contribution is 0.0878. The van der Waals surface area contributed by atoms with Gasteiger partial charge in [0.2, 0.25) is 14.3 Å². The van der Waals surface area contributed by atoms with E-state index in [2.05, 4.69) is 42.2 Å². The summed E-state index contributed by atoms with van der Waals surface area (Å²) in [7, 11) is 2.01. The molecule has 2 aliphatic heterocycles. The number of benzene rings is 2. The summed E-state index contributed by atoms with van der Waals surface area (Å²) in [5, 5.41) is 8.37. The number of nitrogens with one attached hydrogen (secondary N) is 3. The number of hydrogen-bond donors (Lipinski definition) is 3. The summed E-state index contributed by atoms with van der Waals surface area (Å²) < 4.78 is 26.6. The topological polar surface area (TPSA) is 93.8 Å². The van der Waals surface area contributed by atoms with Gasteiger partial charge in [0.15, 0.2) is 0 Å². The molecule has 0 saturated carbocycles. The van der Waals surface area contributed by atoms with Crippen LogP contribution < -0.4 is 20.8 Å². The molecular weight excluding hydrogens is 566 g/mol. The number of hydrogen-bond acceptors (Lipinski definition) is 9. The molecule has 2 saturated heterocycles. The second kappa shape index (κ2) is 13.5. The van der Waals surface area contributed by atoms with E-state index in [4.69, 9.17) is 14.0 Å². The van der Waals surface area contributed by atoms with Gasteiger partial charge in [0.05, 0.1) is 22.1 Å². The summed E-state index contributed by atoms with van der Waals surface area (Å²) in [5.74, 6) is 0.715. The van der Waals surface area contributed by atoms with Crippen molar-refractivity contribution in [2.24, 2.45) is 0 Å². The maximum absolute atomic E-state index is 15.4. The molecule has 0 spiro atoms. The maximum atomic E-state index is 15.4. The van der Waals surface area contributed by atoms with Gasteiger partial charge in [0, 0.05) is 71.4 Å². The monoisotopic (exact) mass is 606 g/mol. The molecule has 0 bridgehead atoms. The fraction of sp³-hybridized carbons (Fsp3) is 0.419. The van der Waals surface area contributed by atoms with E-state index >= 15 is 4.39 Å². The molecule has 0 amide bonds. The third-order valence-electron chi connectivity index (χ3n) is 8.48. The third-order valence-corrected chi connectivity index (χ3v) is 9.93. The van der Waals surface area contributed by atoms with E-state index in [-0.39, 0.29) is 5.82 Å². The van der Waals surface area contributed by atoms with Crippen LogP contribution in [0.5, 0.6) is 0 Å². The molecule has 12 heteroatoms. The molecule has 2 fully saturated rings. The largest absolute Gasteiger partial charge is 0.369 e. The molecule has 4 heterocycles. The number of aromatic amines is 1. The normalized spacial score (nSPS) is 17.2. The minimum Gasteiger partial charge on any atom is -0.369 e. The van der Waals surface area contributed by atoms with E-state index < -0.39 is 8.38 Å². The lowest BCUT2D eigenvalue weighted by Crippen LogP contribution is -2.53. The number of halogens is 1. The molecule has 2 aromatic carbocycles. The van der Waals surface area contributed by atoms with Crippen molar-refractivity contribution in [2.45, 2.75) is 25.8 Å². The van der Waals surface area contributed by atoms with Gasteiger partial charge in [-0.25, -0.2) is 4.39 Å². The maximum Gasteiger partial charge on any atom is 0.231 e. The second-order valence-corrected chi connectivity index (χ2v) is 12.6. The minimum absolute atomic E-state index is 0.249. The molecule has 0 aliphatic carbocycles. The first-order valence-electron chi connectivity index (χ1n) is 14.9. The van der Waals surface area contributed by atoms with Crippen LogP contribution in [-0.4, -0.2) is 90.8 Å². The van der Waals surface area contributed by atoms with E-state index in [9.17, 15) is 0 Å². The lowest BCUT2D eigenvalue weighted by Gasteiger charge is -2.43. The number of aromatic nitrogens is 3. The van der Waals surface area contributed by atoms with Crippen LogP contribution in [0.15, 0.2) is 54.7 Å². The molecule has 0 atom stereocenters. The zero-order valence-electron chi connectivity index (χ0n) is 25.0. The van der Waals surface area contributed by atoms with Crippen LogP contribution in [0.2, 0.25) is 0 Å². The molecular formula is C31H40FN8O2P. The van der Waals surface area contributed by atoms with Crippen molar-refractivity contribution in [3.05, 3.63) is 60.5 Å². The minimum atomic E-state index is -1.25. The Kier molecular flexibility index (Phi) is 9.35. The van der Waals surface area contributed by atoms with E-state index in [1.165, 1.54) is 6.07 Å². The molecule has 2 aliphatic rings. The number of rotatable bonds is 10. The van der Waals surface area contributed by atoms with Crippen molar-refractivity contribution < 1.29 is 13.4 Å². The van der Waals surface area contributed by atoms with Crippen molar-refractivity contribution >= 4 is 53.5 Å². The predicted molar refractivity (Wildman–Crippen MR) is 173 cm³/mol. The Balaban J connectivity index is 1.15. The van der Waals surface area contributed by atoms with Crippen LogP contribution >= 0.6 is 8.38 Å². The second-order valence-electron chi connectivity index (χ2n) is 10.9. The fourth-order valence-electron chi connectivity index (χ4n) is 6.12. The quantitative estimate of drug-likeness (QED) is 0.205. The average molecular weight is 607 g/mol. The number of para-hydroxylation sites is 1. The summed E-state index contributed by atoms with van der Waals surface area (Å²) in [6.45, 7) is 9.64. The molecule has 2 aromatic heterocycles. The lowest BCUT2D eigenvalue weighted by atomic mass is 10.0. The highest BCUT2D eigenvalue weighted by molar-refractivity contribution is 7.56. The number of likely N-dealkylation sites (N-methyl/N-ethyl adjacent to an activating group) is 1. The highest BCUT2D eigenvalue weighted by atomic mass is 31.2. The van der Waals surface area contributed by atoms with E-state index in [1.807, 2.05) is 48.7 Å². The summed E-state index contributed by atoms with van der Waals surface area (Å²) in [5.41, 5.74) is 2.72. The fourth-order valence-corrected chi connectivity index (χ4v) is 7.19. The van der Waals surface area contributed by atoms with Gasteiger partial charge in [0.1, 0.15) is 17.3 Å². The molecule has 0 unspecified atom stereocenters. The van der Waals surface area contributed by atoms with Crippen LogP contribution in [0.25, 0.3) is 11.0 Å². The van der Waals surface area contributed by atoms with Crippen molar-refractivity contribution in [3.8, 4) is 0 Å². The van der Waals surface area contributed by atoms with Crippen molar-refractivity contribution in [3.63, 3.8) is 0 Å². The van der Waals surface area contributed by atoms with E-state index in [0.717, 1.165) is 75.0 Å². The first-order chi connectivity index (χ1) is 21.1. The molecule has 3 N–H and O–H groups in total. The van der Waals surface area contributed by atoms with Gasteiger partial charge < -0.3 is 34.5 Å². The van der Waals surface area contributed by atoms with Gasteiger partial charge in [-0.05, 0) is 55.8 Å². The number of piperidine rings is 1. The van der Waals surface area contributed by atoms with Crippen LogP contribution in [0.3, 0.4) is 0 Å². The van der Waals surface area contributed by atoms with Crippen molar-refractivity contribution in [1.82, 2.24) is 24.8 Å². The number of H-pyrrole nitrogens is 1. The van der Waals surface area contributed by atoms with E-state index in [1.54, 1.807) is 14.2 Å². The first kappa shape index (κ1) is 29.7. The Bertz CT molecular complexity index is 1520. The summed E-state index contributed by atoms with van der Waals surface area (Å²) in [6.07, 6.45) is 3.94. The number of piperazine rings is 1. The van der Waals surface area contributed by atoms with Crippen molar-refractivity contribution in [1.29, 1.82) is 0 Å². The average Bonchev–Trinajstić information content (AvgIpc) is 3.52. The first-order valence-corrected chi connectivity index (χ1v) is 16.1. The summed E-state index contributed by atoms with van der Waals surface area (Å²) in [4.78, 5) is 19.9. The zero-order valence-corrected chi connectivity index (χ0v) is 25.9. The Hall–Kier alpha value is -3.34. The van der Waals surface area contributed by atoms with Crippen LogP contribution in [-0.2, 0) is 9.05 Å².